The fourth-order valence-electron chi connectivity index (χ4n) is 1.78. The summed E-state index contributed by atoms with van der Waals surface area (Å²) in [6.45, 7) is 5.99. The van der Waals surface area contributed by atoms with Crippen LogP contribution in [0, 0.1) is 5.92 Å². The summed E-state index contributed by atoms with van der Waals surface area (Å²) >= 11 is 0. The third-order valence-corrected chi connectivity index (χ3v) is 2.97. The smallest absolute Gasteiger partial charge is 0.143 e. The Morgan fingerprint density at radius 3 is 2.94 bits per heavy atom. The Labute approximate surface area is 95.7 Å². The predicted molar refractivity (Wildman–Crippen MR) is 60.4 cm³/mol. The molecule has 16 heavy (non-hydrogen) atoms. The van der Waals surface area contributed by atoms with Gasteiger partial charge < -0.3 is 20.8 Å². The molecular formula is C10H21N3O3. The van der Waals surface area contributed by atoms with Gasteiger partial charge in [-0.15, -0.1) is 0 Å². The first-order valence-corrected chi connectivity index (χ1v) is 5.52. The first kappa shape index (κ1) is 13.2. The van der Waals surface area contributed by atoms with Gasteiger partial charge in [0, 0.05) is 25.0 Å². The Bertz CT molecular complexity index is 247. The number of nitrogens with two attached hydrogens (primary N) is 1. The average Bonchev–Trinajstić information content (AvgIpc) is 2.30. The van der Waals surface area contributed by atoms with Crippen molar-refractivity contribution >= 4 is 5.84 Å². The molecule has 3 unspecified atom stereocenters. The second kappa shape index (κ2) is 6.03. The van der Waals surface area contributed by atoms with E-state index in [-0.39, 0.29) is 30.5 Å². The highest BCUT2D eigenvalue weighted by Gasteiger charge is 2.27. The minimum atomic E-state index is -0.129. The van der Waals surface area contributed by atoms with E-state index in [2.05, 4.69) is 17.0 Å². The number of rotatable bonds is 4. The van der Waals surface area contributed by atoms with Crippen LogP contribution in [0.5, 0.6) is 0 Å². The zero-order valence-electron chi connectivity index (χ0n) is 9.83. The molecule has 0 radical (unpaired) electrons. The standard InChI is InChI=1S/C10H21N3O3/c1-7(10(11)12-15)3-13-4-9(5-14)16-6-8(13)2/h7-9,14-15H,3-6H2,1-2H3,(H2,11,12). The van der Waals surface area contributed by atoms with Crippen LogP contribution >= 0.6 is 0 Å². The normalized spacial score (nSPS) is 30.3. The zero-order chi connectivity index (χ0) is 12.1. The number of aliphatic hydroxyl groups excluding tert-OH is 1. The molecule has 4 N–H and O–H groups in total. The molecule has 1 rings (SSSR count). The quantitative estimate of drug-likeness (QED) is 0.261. The molecule has 0 aromatic heterocycles. The van der Waals surface area contributed by atoms with E-state index in [4.69, 9.17) is 20.8 Å². The number of ether oxygens (including phenoxy) is 1. The van der Waals surface area contributed by atoms with Crippen LogP contribution in [-0.4, -0.2) is 59.5 Å². The molecule has 0 saturated carbocycles. The molecule has 0 bridgehead atoms. The molecule has 1 aliphatic rings. The zero-order valence-corrected chi connectivity index (χ0v) is 9.83. The highest BCUT2D eigenvalue weighted by atomic mass is 16.5. The van der Waals surface area contributed by atoms with E-state index in [0.717, 1.165) is 0 Å². The Hall–Kier alpha value is -0.850. The lowest BCUT2D eigenvalue weighted by molar-refractivity contribution is -0.0792. The van der Waals surface area contributed by atoms with E-state index in [1.54, 1.807) is 0 Å². The van der Waals surface area contributed by atoms with Crippen molar-refractivity contribution in [3.05, 3.63) is 0 Å². The fraction of sp³-hybridized carbons (Fsp3) is 0.900. The van der Waals surface area contributed by atoms with Gasteiger partial charge in [0.2, 0.25) is 0 Å². The molecule has 0 spiro atoms. The van der Waals surface area contributed by atoms with Crippen molar-refractivity contribution in [1.82, 2.24) is 4.90 Å². The van der Waals surface area contributed by atoms with Gasteiger partial charge in [0.05, 0.1) is 19.3 Å². The van der Waals surface area contributed by atoms with Gasteiger partial charge in [-0.3, -0.25) is 4.90 Å². The van der Waals surface area contributed by atoms with Crippen LogP contribution in [0.2, 0.25) is 0 Å². The molecule has 0 aliphatic carbocycles. The molecule has 94 valence electrons. The number of hydrogen-bond donors (Lipinski definition) is 3. The second-order valence-corrected chi connectivity index (χ2v) is 4.37. The average molecular weight is 231 g/mol. The maximum Gasteiger partial charge on any atom is 0.143 e. The number of nitrogens with zero attached hydrogens (tertiary/aromatic N) is 2. The van der Waals surface area contributed by atoms with Gasteiger partial charge in [-0.1, -0.05) is 12.1 Å². The van der Waals surface area contributed by atoms with E-state index in [0.29, 0.717) is 19.7 Å². The van der Waals surface area contributed by atoms with Crippen LogP contribution < -0.4 is 5.73 Å². The second-order valence-electron chi connectivity index (χ2n) is 4.37. The van der Waals surface area contributed by atoms with Crippen LogP contribution in [0.3, 0.4) is 0 Å². The lowest BCUT2D eigenvalue weighted by Crippen LogP contribution is -2.51. The summed E-state index contributed by atoms with van der Waals surface area (Å²) in [6.07, 6.45) is -0.129. The Morgan fingerprint density at radius 1 is 1.69 bits per heavy atom. The van der Waals surface area contributed by atoms with Crippen LogP contribution in [0.15, 0.2) is 5.16 Å². The predicted octanol–water partition coefficient (Wildman–Crippen LogP) is -0.549. The van der Waals surface area contributed by atoms with Crippen LogP contribution in [0.25, 0.3) is 0 Å². The van der Waals surface area contributed by atoms with Gasteiger partial charge in [0.1, 0.15) is 5.84 Å². The first-order valence-electron chi connectivity index (χ1n) is 5.52. The summed E-state index contributed by atoms with van der Waals surface area (Å²) in [4.78, 5) is 2.19. The lowest BCUT2D eigenvalue weighted by atomic mass is 10.1. The summed E-state index contributed by atoms with van der Waals surface area (Å²) in [7, 11) is 0. The van der Waals surface area contributed by atoms with Crippen molar-refractivity contribution in [3.8, 4) is 0 Å². The van der Waals surface area contributed by atoms with Gasteiger partial charge in [0.25, 0.3) is 0 Å². The third kappa shape index (κ3) is 3.33. The number of oxime groups is 1. The molecule has 1 saturated heterocycles. The molecule has 0 aromatic rings. The van der Waals surface area contributed by atoms with Crippen molar-refractivity contribution < 1.29 is 15.1 Å². The van der Waals surface area contributed by atoms with Crippen molar-refractivity contribution in [1.29, 1.82) is 0 Å². The van der Waals surface area contributed by atoms with Crippen molar-refractivity contribution in [2.75, 3.05) is 26.3 Å². The van der Waals surface area contributed by atoms with Gasteiger partial charge in [-0.05, 0) is 6.92 Å². The Kier molecular flexibility index (Phi) is 4.98. The number of hydrogen-bond acceptors (Lipinski definition) is 5. The molecule has 3 atom stereocenters. The van der Waals surface area contributed by atoms with E-state index in [9.17, 15) is 0 Å². The van der Waals surface area contributed by atoms with Crippen LogP contribution in [-0.2, 0) is 4.74 Å². The lowest BCUT2D eigenvalue weighted by Gasteiger charge is -2.38. The molecular weight excluding hydrogens is 210 g/mol. The summed E-state index contributed by atoms with van der Waals surface area (Å²) in [5.74, 6) is 0.226. The number of amidine groups is 1. The van der Waals surface area contributed by atoms with Gasteiger partial charge in [-0.25, -0.2) is 0 Å². The minimum absolute atomic E-state index is 0.00936. The van der Waals surface area contributed by atoms with Gasteiger partial charge in [-0.2, -0.15) is 0 Å². The van der Waals surface area contributed by atoms with Crippen LogP contribution in [0.1, 0.15) is 13.8 Å². The Balaban J connectivity index is 2.50. The molecule has 0 amide bonds. The minimum Gasteiger partial charge on any atom is -0.409 e. The summed E-state index contributed by atoms with van der Waals surface area (Å²) in [6, 6.07) is 0.289. The first-order chi connectivity index (χ1) is 7.58. The largest absolute Gasteiger partial charge is 0.409 e. The molecule has 6 heteroatoms. The van der Waals surface area contributed by atoms with Crippen LogP contribution in [0.4, 0.5) is 0 Å². The SMILES string of the molecule is CC(CN1CC(CO)OCC1C)C(N)=NO. The van der Waals surface area contributed by atoms with E-state index < -0.39 is 0 Å². The monoisotopic (exact) mass is 231 g/mol. The van der Waals surface area contributed by atoms with E-state index >= 15 is 0 Å². The highest BCUT2D eigenvalue weighted by molar-refractivity contribution is 5.82. The fourth-order valence-corrected chi connectivity index (χ4v) is 1.78. The highest BCUT2D eigenvalue weighted by Crippen LogP contribution is 2.13. The van der Waals surface area contributed by atoms with Gasteiger partial charge in [0.15, 0.2) is 0 Å². The molecule has 0 aromatic carbocycles. The van der Waals surface area contributed by atoms with E-state index in [1.807, 2.05) is 6.92 Å². The van der Waals surface area contributed by atoms with Gasteiger partial charge >= 0.3 is 0 Å². The number of morpholine rings is 1. The third-order valence-electron chi connectivity index (χ3n) is 2.97. The molecule has 6 nitrogen and oxygen atoms in total. The summed E-state index contributed by atoms with van der Waals surface area (Å²) in [5.41, 5.74) is 5.54. The van der Waals surface area contributed by atoms with Crippen molar-refractivity contribution in [2.45, 2.75) is 26.0 Å². The topological polar surface area (TPSA) is 91.3 Å². The molecule has 1 aliphatic heterocycles. The maximum absolute atomic E-state index is 9.04. The van der Waals surface area contributed by atoms with Crippen molar-refractivity contribution in [3.63, 3.8) is 0 Å². The molecule has 1 fully saturated rings. The molecule has 1 heterocycles. The Morgan fingerprint density at radius 2 is 2.38 bits per heavy atom. The van der Waals surface area contributed by atoms with E-state index in [1.165, 1.54) is 0 Å². The number of aliphatic hydroxyl groups is 1. The summed E-state index contributed by atoms with van der Waals surface area (Å²) in [5, 5.41) is 20.6. The maximum atomic E-state index is 9.04. The van der Waals surface area contributed by atoms with Crippen molar-refractivity contribution in [2.24, 2.45) is 16.8 Å². The summed E-state index contributed by atoms with van der Waals surface area (Å²) < 4.78 is 5.44.